The van der Waals surface area contributed by atoms with Gasteiger partial charge in [-0.25, -0.2) is 0 Å². The quantitative estimate of drug-likeness (QED) is 0.438. The molecule has 0 saturated carbocycles. The Labute approximate surface area is 188 Å². The van der Waals surface area contributed by atoms with Crippen molar-refractivity contribution in [2.45, 2.75) is 27.7 Å². The zero-order valence-corrected chi connectivity index (χ0v) is 20.1. The maximum absolute atomic E-state index is 14.7. The SMILES string of the molecule is COc1cccc(OC)c1C(=O)P(=O)(C(=O)c1c(C)c(C)cc(C)c1C)c1ccccc1. The molecule has 0 N–H and O–H groups in total. The first-order valence-corrected chi connectivity index (χ1v) is 11.9. The zero-order valence-electron chi connectivity index (χ0n) is 19.2. The normalized spacial score (nSPS) is 12.7. The molecule has 0 radical (unpaired) electrons. The first-order chi connectivity index (χ1) is 15.2. The van der Waals surface area contributed by atoms with Crippen molar-refractivity contribution in [1.82, 2.24) is 0 Å². The van der Waals surface area contributed by atoms with Crippen LogP contribution < -0.4 is 14.8 Å². The molecule has 0 aliphatic heterocycles. The van der Waals surface area contributed by atoms with Crippen LogP contribution in [0.1, 0.15) is 43.0 Å². The van der Waals surface area contributed by atoms with Crippen molar-refractivity contribution < 1.29 is 23.6 Å². The molecule has 6 heteroatoms. The standard InChI is InChI=1S/C26H27O5P/c1-16-15-17(2)19(4)23(18(16)3)25(27)32(29,20-11-8-7-9-12-20)26(28)24-21(30-5)13-10-14-22(24)31-6/h7-15H,1-6H3. The second-order valence-corrected chi connectivity index (χ2v) is 10.3. The van der Waals surface area contributed by atoms with Gasteiger partial charge in [-0.2, -0.15) is 0 Å². The highest BCUT2D eigenvalue weighted by molar-refractivity contribution is 8.01. The molecule has 0 spiro atoms. The van der Waals surface area contributed by atoms with E-state index >= 15 is 0 Å². The van der Waals surface area contributed by atoms with Crippen molar-refractivity contribution in [1.29, 1.82) is 0 Å². The molecule has 3 rings (SSSR count). The molecule has 0 aromatic heterocycles. The predicted octanol–water partition coefficient (Wildman–Crippen LogP) is 5.61. The molecule has 5 nitrogen and oxygen atoms in total. The third kappa shape index (κ3) is 3.78. The topological polar surface area (TPSA) is 69.7 Å². The van der Waals surface area contributed by atoms with Crippen LogP contribution in [-0.4, -0.2) is 25.3 Å². The molecule has 3 aromatic rings. The van der Waals surface area contributed by atoms with Gasteiger partial charge in [0.05, 0.1) is 14.2 Å². The minimum absolute atomic E-state index is 0.00211. The van der Waals surface area contributed by atoms with Gasteiger partial charge in [0.2, 0.25) is 18.2 Å². The number of aryl methyl sites for hydroxylation is 2. The zero-order chi connectivity index (χ0) is 23.6. The van der Waals surface area contributed by atoms with E-state index in [-0.39, 0.29) is 22.4 Å². The van der Waals surface area contributed by atoms with E-state index in [1.807, 2.05) is 33.8 Å². The molecular weight excluding hydrogens is 423 g/mol. The molecule has 1 atom stereocenters. The van der Waals surface area contributed by atoms with Gasteiger partial charge in [0.25, 0.3) is 0 Å². The number of carbonyl (C=O) groups excluding carboxylic acids is 2. The van der Waals surface area contributed by atoms with Gasteiger partial charge in [0, 0.05) is 10.9 Å². The lowest BCUT2D eigenvalue weighted by atomic mass is 9.95. The summed E-state index contributed by atoms with van der Waals surface area (Å²) >= 11 is 0. The first kappa shape index (κ1) is 23.5. The number of methoxy groups -OCH3 is 2. The number of benzene rings is 3. The lowest BCUT2D eigenvalue weighted by Gasteiger charge is -2.22. The van der Waals surface area contributed by atoms with Crippen LogP contribution in [0, 0.1) is 27.7 Å². The Morgan fingerprint density at radius 1 is 0.688 bits per heavy atom. The molecule has 0 bridgehead atoms. The summed E-state index contributed by atoms with van der Waals surface area (Å²) in [4.78, 5) is 28.1. The van der Waals surface area contributed by atoms with Gasteiger partial charge in [-0.3, -0.25) is 9.59 Å². The highest BCUT2D eigenvalue weighted by Crippen LogP contribution is 2.54. The van der Waals surface area contributed by atoms with Gasteiger partial charge in [-0.15, -0.1) is 0 Å². The second kappa shape index (κ2) is 9.13. The fourth-order valence-electron chi connectivity index (χ4n) is 3.88. The third-order valence-electron chi connectivity index (χ3n) is 5.91. The fourth-order valence-corrected chi connectivity index (χ4v) is 6.31. The summed E-state index contributed by atoms with van der Waals surface area (Å²) in [6, 6.07) is 15.0. The molecule has 0 heterocycles. The minimum atomic E-state index is -4.31. The van der Waals surface area contributed by atoms with Crippen LogP contribution in [-0.2, 0) is 4.57 Å². The van der Waals surface area contributed by atoms with Crippen LogP contribution in [0.2, 0.25) is 0 Å². The molecule has 0 fully saturated rings. The average Bonchev–Trinajstić information content (AvgIpc) is 2.81. The van der Waals surface area contributed by atoms with Gasteiger partial charge >= 0.3 is 0 Å². The van der Waals surface area contributed by atoms with Crippen LogP contribution in [0.4, 0.5) is 0 Å². The number of hydrogen-bond donors (Lipinski definition) is 0. The van der Waals surface area contributed by atoms with Crippen molar-refractivity contribution >= 4 is 23.5 Å². The molecule has 1 unspecified atom stereocenters. The van der Waals surface area contributed by atoms with Crippen LogP contribution in [0.15, 0.2) is 54.6 Å². The van der Waals surface area contributed by atoms with E-state index in [2.05, 4.69) is 0 Å². The van der Waals surface area contributed by atoms with E-state index in [4.69, 9.17) is 9.47 Å². The van der Waals surface area contributed by atoms with Crippen molar-refractivity contribution in [3.63, 3.8) is 0 Å². The Bertz CT molecular complexity index is 1200. The molecule has 0 saturated heterocycles. The third-order valence-corrected chi connectivity index (χ3v) is 8.53. The number of hydrogen-bond acceptors (Lipinski definition) is 5. The Morgan fingerprint density at radius 2 is 1.16 bits per heavy atom. The van der Waals surface area contributed by atoms with E-state index in [0.29, 0.717) is 16.7 Å². The lowest BCUT2D eigenvalue weighted by Crippen LogP contribution is -2.23. The molecule has 0 aliphatic carbocycles. The predicted molar refractivity (Wildman–Crippen MR) is 127 cm³/mol. The Kier molecular flexibility index (Phi) is 6.71. The summed E-state index contributed by atoms with van der Waals surface area (Å²) < 4.78 is 25.4. The van der Waals surface area contributed by atoms with E-state index in [1.54, 1.807) is 48.5 Å². The molecule has 0 aliphatic rings. The van der Waals surface area contributed by atoms with E-state index in [1.165, 1.54) is 14.2 Å². The average molecular weight is 450 g/mol. The highest BCUT2D eigenvalue weighted by atomic mass is 31.2. The molecular formula is C26H27O5P. The van der Waals surface area contributed by atoms with Gasteiger partial charge in [0.15, 0.2) is 0 Å². The summed E-state index contributed by atoms with van der Waals surface area (Å²) in [7, 11) is -1.48. The highest BCUT2D eigenvalue weighted by Gasteiger charge is 2.46. The van der Waals surface area contributed by atoms with E-state index < -0.39 is 18.2 Å². The summed E-state index contributed by atoms with van der Waals surface area (Å²) in [5.41, 5.74) is 2.08. The Morgan fingerprint density at radius 3 is 1.62 bits per heavy atom. The number of carbonyl (C=O) groups is 2. The van der Waals surface area contributed by atoms with Gasteiger partial charge < -0.3 is 14.0 Å². The summed E-state index contributed by atoms with van der Waals surface area (Å²) in [6.45, 7) is 7.44. The molecule has 3 aromatic carbocycles. The largest absolute Gasteiger partial charge is 0.496 e. The second-order valence-electron chi connectivity index (χ2n) is 7.73. The number of ether oxygens (including phenoxy) is 2. The van der Waals surface area contributed by atoms with Crippen LogP contribution in [0.3, 0.4) is 0 Å². The summed E-state index contributed by atoms with van der Waals surface area (Å²) in [5, 5.41) is 0.181. The molecule has 166 valence electrons. The fraction of sp³-hybridized carbons (Fsp3) is 0.231. The van der Waals surface area contributed by atoms with Crippen molar-refractivity contribution in [2.24, 2.45) is 0 Å². The van der Waals surface area contributed by atoms with Crippen LogP contribution in [0.25, 0.3) is 0 Å². The maximum Gasteiger partial charge on any atom is 0.249 e. The maximum atomic E-state index is 14.7. The van der Waals surface area contributed by atoms with Crippen LogP contribution in [0.5, 0.6) is 11.5 Å². The van der Waals surface area contributed by atoms with Crippen molar-refractivity contribution in [2.75, 3.05) is 14.2 Å². The smallest absolute Gasteiger partial charge is 0.249 e. The summed E-state index contributed by atoms with van der Waals surface area (Å²) in [6.07, 6.45) is 0. The van der Waals surface area contributed by atoms with E-state index in [0.717, 1.165) is 11.1 Å². The van der Waals surface area contributed by atoms with Gasteiger partial charge in [-0.05, 0) is 62.1 Å². The molecule has 0 amide bonds. The lowest BCUT2D eigenvalue weighted by molar-refractivity contribution is 0.103. The number of rotatable bonds is 7. The van der Waals surface area contributed by atoms with Crippen molar-refractivity contribution in [3.8, 4) is 11.5 Å². The van der Waals surface area contributed by atoms with Crippen molar-refractivity contribution in [3.05, 3.63) is 88.0 Å². The Hall–Kier alpha value is -3.17. The monoisotopic (exact) mass is 450 g/mol. The van der Waals surface area contributed by atoms with Gasteiger partial charge in [-0.1, -0.05) is 42.5 Å². The first-order valence-electron chi connectivity index (χ1n) is 10.2. The van der Waals surface area contributed by atoms with Gasteiger partial charge in [0.1, 0.15) is 17.1 Å². The molecule has 32 heavy (non-hydrogen) atoms. The summed E-state index contributed by atoms with van der Waals surface area (Å²) in [5.74, 6) is 0.402. The van der Waals surface area contributed by atoms with E-state index in [9.17, 15) is 14.2 Å². The minimum Gasteiger partial charge on any atom is -0.496 e. The Balaban J connectivity index is 2.37. The van der Waals surface area contributed by atoms with Crippen LogP contribution >= 0.6 is 7.14 Å².